The Morgan fingerprint density at radius 1 is 1.22 bits per heavy atom. The predicted octanol–water partition coefficient (Wildman–Crippen LogP) is 2.93. The van der Waals surface area contributed by atoms with Crippen molar-refractivity contribution in [1.82, 2.24) is 9.97 Å². The summed E-state index contributed by atoms with van der Waals surface area (Å²) in [5, 5.41) is 15.4. The van der Waals surface area contributed by atoms with Crippen molar-refractivity contribution in [3.05, 3.63) is 47.6 Å². The maximum absolute atomic E-state index is 9.12. The van der Waals surface area contributed by atoms with Gasteiger partial charge in [-0.25, -0.2) is 9.97 Å². The Bertz CT molecular complexity index is 681. The van der Waals surface area contributed by atoms with Crippen molar-refractivity contribution in [3.8, 4) is 0 Å². The van der Waals surface area contributed by atoms with Crippen LogP contribution >= 0.6 is 11.3 Å². The lowest BCUT2D eigenvalue weighted by molar-refractivity contribution is 0.282. The first-order valence-corrected chi connectivity index (χ1v) is 6.40. The summed E-state index contributed by atoms with van der Waals surface area (Å²) in [6.07, 6.45) is 1.55. The number of hydrogen-bond donors (Lipinski definition) is 2. The van der Waals surface area contributed by atoms with Crippen LogP contribution in [0, 0.1) is 0 Å². The zero-order valence-electron chi connectivity index (χ0n) is 9.50. The van der Waals surface area contributed by atoms with E-state index in [0.29, 0.717) is 0 Å². The van der Waals surface area contributed by atoms with E-state index < -0.39 is 0 Å². The first-order chi connectivity index (χ1) is 8.86. The summed E-state index contributed by atoms with van der Waals surface area (Å²) in [7, 11) is 0. The second kappa shape index (κ2) is 4.72. The van der Waals surface area contributed by atoms with Gasteiger partial charge in [0.1, 0.15) is 17.0 Å². The fraction of sp³-hybridized carbons (Fsp3) is 0.0769. The molecular formula is C13H11N3OS. The van der Waals surface area contributed by atoms with E-state index in [1.165, 1.54) is 0 Å². The van der Waals surface area contributed by atoms with E-state index in [4.69, 9.17) is 5.11 Å². The first kappa shape index (κ1) is 11.1. The average Bonchev–Trinajstić information content (AvgIpc) is 2.88. The summed E-state index contributed by atoms with van der Waals surface area (Å²) in [5.41, 5.74) is 1.78. The Kier molecular flexibility index (Phi) is 2.92. The Morgan fingerprint density at radius 2 is 2.17 bits per heavy atom. The maximum Gasteiger partial charge on any atom is 0.142 e. The summed E-state index contributed by atoms with van der Waals surface area (Å²) < 4.78 is 0. The van der Waals surface area contributed by atoms with Crippen LogP contribution in [0.1, 0.15) is 5.56 Å². The Morgan fingerprint density at radius 3 is 3.06 bits per heavy atom. The van der Waals surface area contributed by atoms with Crippen molar-refractivity contribution in [1.29, 1.82) is 0 Å². The predicted molar refractivity (Wildman–Crippen MR) is 73.1 cm³/mol. The molecule has 0 saturated heterocycles. The van der Waals surface area contributed by atoms with Crippen LogP contribution in [0.25, 0.3) is 10.2 Å². The molecule has 0 aliphatic rings. The molecule has 1 aromatic carbocycles. The monoisotopic (exact) mass is 257 g/mol. The summed E-state index contributed by atoms with van der Waals surface area (Å²) in [5.74, 6) is 0.788. The number of thiophene rings is 1. The lowest BCUT2D eigenvalue weighted by atomic mass is 10.2. The SMILES string of the molecule is OCc1cccc(Nc2ncnc3sccc23)c1. The molecule has 3 aromatic rings. The minimum atomic E-state index is 0.0349. The lowest BCUT2D eigenvalue weighted by Crippen LogP contribution is -1.95. The van der Waals surface area contributed by atoms with Crippen molar-refractivity contribution < 1.29 is 5.11 Å². The molecule has 3 rings (SSSR count). The molecule has 0 amide bonds. The van der Waals surface area contributed by atoms with E-state index in [1.54, 1.807) is 17.7 Å². The summed E-state index contributed by atoms with van der Waals surface area (Å²) in [4.78, 5) is 9.42. The molecule has 0 spiro atoms. The van der Waals surface area contributed by atoms with Crippen molar-refractivity contribution in [2.45, 2.75) is 6.61 Å². The molecule has 4 nitrogen and oxygen atoms in total. The van der Waals surface area contributed by atoms with E-state index >= 15 is 0 Å². The molecule has 2 aromatic heterocycles. The smallest absolute Gasteiger partial charge is 0.142 e. The summed E-state index contributed by atoms with van der Waals surface area (Å²) in [6, 6.07) is 9.63. The summed E-state index contributed by atoms with van der Waals surface area (Å²) >= 11 is 1.59. The van der Waals surface area contributed by atoms with Gasteiger partial charge in [0.15, 0.2) is 0 Å². The van der Waals surface area contributed by atoms with Crippen LogP contribution in [0.15, 0.2) is 42.0 Å². The highest BCUT2D eigenvalue weighted by Gasteiger charge is 2.04. The van der Waals surface area contributed by atoms with Crippen LogP contribution in [0.3, 0.4) is 0 Å². The molecular weight excluding hydrogens is 246 g/mol. The first-order valence-electron chi connectivity index (χ1n) is 5.52. The molecule has 5 heteroatoms. The number of aromatic nitrogens is 2. The zero-order chi connectivity index (χ0) is 12.4. The topological polar surface area (TPSA) is 58.0 Å². The van der Waals surface area contributed by atoms with E-state index in [1.807, 2.05) is 35.7 Å². The van der Waals surface area contributed by atoms with Gasteiger partial charge in [0.05, 0.1) is 12.0 Å². The van der Waals surface area contributed by atoms with Crippen molar-refractivity contribution in [3.63, 3.8) is 0 Å². The number of rotatable bonds is 3. The van der Waals surface area contributed by atoms with E-state index in [0.717, 1.165) is 27.3 Å². The van der Waals surface area contributed by atoms with E-state index in [9.17, 15) is 0 Å². The zero-order valence-corrected chi connectivity index (χ0v) is 10.3. The van der Waals surface area contributed by atoms with Crippen LogP contribution in [0.5, 0.6) is 0 Å². The van der Waals surface area contributed by atoms with Crippen LogP contribution in [0.4, 0.5) is 11.5 Å². The normalized spacial score (nSPS) is 10.7. The van der Waals surface area contributed by atoms with Gasteiger partial charge in [0.25, 0.3) is 0 Å². The highest BCUT2D eigenvalue weighted by atomic mass is 32.1. The van der Waals surface area contributed by atoms with Gasteiger partial charge in [-0.1, -0.05) is 12.1 Å². The highest BCUT2D eigenvalue weighted by molar-refractivity contribution is 7.16. The third-order valence-corrected chi connectivity index (χ3v) is 3.45. The van der Waals surface area contributed by atoms with Gasteiger partial charge < -0.3 is 10.4 Å². The molecule has 0 atom stereocenters. The molecule has 0 fully saturated rings. The molecule has 0 aliphatic carbocycles. The van der Waals surface area contributed by atoms with Crippen molar-refractivity contribution in [2.75, 3.05) is 5.32 Å². The molecule has 0 radical (unpaired) electrons. The Hall–Kier alpha value is -1.98. The number of fused-ring (bicyclic) bond motifs is 1. The Labute approximate surface area is 108 Å². The van der Waals surface area contributed by atoms with Crippen molar-refractivity contribution >= 4 is 33.1 Å². The average molecular weight is 257 g/mol. The third-order valence-electron chi connectivity index (χ3n) is 2.63. The highest BCUT2D eigenvalue weighted by Crippen LogP contribution is 2.26. The third kappa shape index (κ3) is 2.05. The standard InChI is InChI=1S/C13H11N3OS/c17-7-9-2-1-3-10(6-9)16-12-11-4-5-18-13(11)15-8-14-12/h1-6,8,17H,7H2,(H,14,15,16). The lowest BCUT2D eigenvalue weighted by Gasteiger charge is -2.07. The molecule has 0 saturated carbocycles. The number of nitrogens with one attached hydrogen (secondary N) is 1. The number of hydrogen-bond acceptors (Lipinski definition) is 5. The van der Waals surface area contributed by atoms with E-state index in [-0.39, 0.29) is 6.61 Å². The molecule has 18 heavy (non-hydrogen) atoms. The second-order valence-electron chi connectivity index (χ2n) is 3.85. The van der Waals surface area contributed by atoms with E-state index in [2.05, 4.69) is 15.3 Å². The van der Waals surface area contributed by atoms with Gasteiger partial charge in [-0.2, -0.15) is 0 Å². The number of benzene rings is 1. The quantitative estimate of drug-likeness (QED) is 0.757. The Balaban J connectivity index is 1.98. The fourth-order valence-corrected chi connectivity index (χ4v) is 2.51. The summed E-state index contributed by atoms with van der Waals surface area (Å²) in [6.45, 7) is 0.0349. The molecule has 2 heterocycles. The maximum atomic E-state index is 9.12. The fourth-order valence-electron chi connectivity index (χ4n) is 1.77. The number of anilines is 2. The van der Waals surface area contributed by atoms with Gasteiger partial charge in [-0.15, -0.1) is 11.3 Å². The van der Waals surface area contributed by atoms with Crippen LogP contribution < -0.4 is 5.32 Å². The molecule has 90 valence electrons. The minimum Gasteiger partial charge on any atom is -0.392 e. The van der Waals surface area contributed by atoms with Gasteiger partial charge in [-0.05, 0) is 29.1 Å². The van der Waals surface area contributed by atoms with Gasteiger partial charge >= 0.3 is 0 Å². The molecule has 2 N–H and O–H groups in total. The molecule has 0 aliphatic heterocycles. The molecule has 0 unspecified atom stereocenters. The largest absolute Gasteiger partial charge is 0.392 e. The molecule has 0 bridgehead atoms. The second-order valence-corrected chi connectivity index (χ2v) is 4.74. The van der Waals surface area contributed by atoms with Gasteiger partial charge in [0, 0.05) is 5.69 Å². The number of aliphatic hydroxyl groups is 1. The van der Waals surface area contributed by atoms with Crippen LogP contribution in [-0.4, -0.2) is 15.1 Å². The van der Waals surface area contributed by atoms with Crippen LogP contribution in [-0.2, 0) is 6.61 Å². The number of nitrogens with zero attached hydrogens (tertiary/aromatic N) is 2. The minimum absolute atomic E-state index is 0.0349. The van der Waals surface area contributed by atoms with Gasteiger partial charge in [0.2, 0.25) is 0 Å². The van der Waals surface area contributed by atoms with Crippen LogP contribution in [0.2, 0.25) is 0 Å². The van der Waals surface area contributed by atoms with Crippen molar-refractivity contribution in [2.24, 2.45) is 0 Å². The van der Waals surface area contributed by atoms with Gasteiger partial charge in [-0.3, -0.25) is 0 Å². The number of aliphatic hydroxyl groups excluding tert-OH is 1.